The van der Waals surface area contributed by atoms with Gasteiger partial charge in [-0.05, 0) is 87.4 Å². The minimum absolute atomic E-state index is 0.0472. The van der Waals surface area contributed by atoms with Crippen LogP contribution in [-0.4, -0.2) is 44.5 Å². The van der Waals surface area contributed by atoms with Crippen molar-refractivity contribution in [3.63, 3.8) is 0 Å². The average Bonchev–Trinajstić information content (AvgIpc) is 3.46. The summed E-state index contributed by atoms with van der Waals surface area (Å²) in [6.45, 7) is 4.62. The summed E-state index contributed by atoms with van der Waals surface area (Å²) in [4.78, 5) is 31.3. The minimum Gasteiger partial charge on any atom is -0.444 e. The molecule has 8 nitrogen and oxygen atoms in total. The van der Waals surface area contributed by atoms with Crippen LogP contribution in [0.3, 0.4) is 0 Å². The highest BCUT2D eigenvalue weighted by Gasteiger charge is 2.40. The number of nitrogens with zero attached hydrogens (tertiary/aromatic N) is 3. The highest BCUT2D eigenvalue weighted by molar-refractivity contribution is 6.02. The first-order valence-corrected chi connectivity index (χ1v) is 11.9. The molecule has 0 radical (unpaired) electrons. The van der Waals surface area contributed by atoms with Gasteiger partial charge in [0.15, 0.2) is 5.82 Å². The molecule has 1 aromatic carbocycles. The van der Waals surface area contributed by atoms with Crippen LogP contribution in [0.1, 0.15) is 56.5 Å². The van der Waals surface area contributed by atoms with Crippen LogP contribution in [0.15, 0.2) is 36.7 Å². The largest absolute Gasteiger partial charge is 0.444 e. The van der Waals surface area contributed by atoms with Crippen molar-refractivity contribution in [3.05, 3.63) is 47.8 Å². The minimum atomic E-state index is -3.05. The number of carbonyl (C=O) groups excluding carboxylic acids is 2. The molecule has 0 saturated heterocycles. The van der Waals surface area contributed by atoms with Crippen molar-refractivity contribution >= 4 is 23.5 Å². The average molecular weight is 499 g/mol. The summed E-state index contributed by atoms with van der Waals surface area (Å²) in [6, 6.07) is 6.93. The van der Waals surface area contributed by atoms with Crippen molar-refractivity contribution in [2.24, 2.45) is 5.92 Å². The normalized spacial score (nSPS) is 16.4. The summed E-state index contributed by atoms with van der Waals surface area (Å²) in [5.74, 6) is 0.377. The lowest BCUT2D eigenvalue weighted by atomic mass is 10.0. The maximum absolute atomic E-state index is 13.3. The zero-order valence-electron chi connectivity index (χ0n) is 20.5. The number of imidazole rings is 1. The molecule has 36 heavy (non-hydrogen) atoms. The number of hydrogen-bond donors (Lipinski definition) is 1. The van der Waals surface area contributed by atoms with E-state index in [-0.39, 0.29) is 23.3 Å². The fraction of sp³-hybridized carbons (Fsp3) is 0.423. The second-order valence-electron chi connectivity index (χ2n) is 10.3. The molecular weight excluding hydrogens is 470 g/mol. The van der Waals surface area contributed by atoms with Crippen molar-refractivity contribution in [1.29, 1.82) is 0 Å². The van der Waals surface area contributed by atoms with Gasteiger partial charge in [0.25, 0.3) is 5.91 Å². The predicted octanol–water partition coefficient (Wildman–Crippen LogP) is 5.70. The predicted molar refractivity (Wildman–Crippen MR) is 129 cm³/mol. The number of carbonyl (C=O) groups is 2. The number of halogens is 2. The SMILES string of the molecule is C[C@@H](C1CC1)N1Cc2cc(-c3ccc4nc(NC(=O)OC(C)(C)C)cn4c3)cc(OC(F)F)c2C1=O. The summed E-state index contributed by atoms with van der Waals surface area (Å²) in [5, 5.41) is 2.61. The van der Waals surface area contributed by atoms with Gasteiger partial charge in [0.1, 0.15) is 17.0 Å². The molecule has 1 N–H and O–H groups in total. The van der Waals surface area contributed by atoms with Crippen LogP contribution >= 0.6 is 0 Å². The van der Waals surface area contributed by atoms with Crippen molar-refractivity contribution in [1.82, 2.24) is 14.3 Å². The Hall–Kier alpha value is -3.69. The number of fused-ring (bicyclic) bond motifs is 2. The molecule has 2 aromatic heterocycles. The quantitative estimate of drug-likeness (QED) is 0.471. The van der Waals surface area contributed by atoms with Gasteiger partial charge in [-0.15, -0.1) is 0 Å². The molecule has 0 spiro atoms. The summed E-state index contributed by atoms with van der Waals surface area (Å²) in [7, 11) is 0. The standard InChI is InChI=1S/C26H28F2N4O4/c1-14(15-5-6-15)32-12-18-9-17(10-19(35-24(27)28)22(18)23(32)33)16-7-8-21-29-20(13-31(21)11-16)30-25(34)36-26(2,3)4/h7-11,13-15,24H,5-6,12H2,1-4H3,(H,30,34)/t14-/m0/s1. The van der Waals surface area contributed by atoms with Crippen LogP contribution in [0.5, 0.6) is 5.75 Å². The van der Waals surface area contributed by atoms with E-state index in [0.717, 1.165) is 12.8 Å². The number of pyridine rings is 1. The number of ether oxygens (including phenoxy) is 2. The molecule has 2 amide bonds. The van der Waals surface area contributed by atoms with Gasteiger partial charge in [-0.2, -0.15) is 8.78 Å². The van der Waals surface area contributed by atoms with E-state index in [1.807, 2.05) is 13.0 Å². The van der Waals surface area contributed by atoms with Gasteiger partial charge in [-0.1, -0.05) is 0 Å². The van der Waals surface area contributed by atoms with Crippen LogP contribution in [0, 0.1) is 5.92 Å². The first-order chi connectivity index (χ1) is 17.0. The van der Waals surface area contributed by atoms with Crippen LogP contribution in [-0.2, 0) is 11.3 Å². The molecule has 1 aliphatic carbocycles. The van der Waals surface area contributed by atoms with E-state index in [4.69, 9.17) is 9.47 Å². The monoisotopic (exact) mass is 498 g/mol. The molecule has 1 saturated carbocycles. The number of aromatic nitrogens is 2. The molecule has 3 heterocycles. The van der Waals surface area contributed by atoms with Crippen LogP contribution in [0.2, 0.25) is 0 Å². The number of benzene rings is 1. The third-order valence-electron chi connectivity index (χ3n) is 6.42. The van der Waals surface area contributed by atoms with Crippen molar-refractivity contribution in [3.8, 4) is 16.9 Å². The Balaban J connectivity index is 1.46. The Labute approximate surface area is 207 Å². The number of hydrogen-bond acceptors (Lipinski definition) is 5. The van der Waals surface area contributed by atoms with Crippen molar-refractivity contribution < 1.29 is 27.8 Å². The van der Waals surface area contributed by atoms with E-state index in [9.17, 15) is 18.4 Å². The zero-order valence-corrected chi connectivity index (χ0v) is 20.5. The van der Waals surface area contributed by atoms with Crippen molar-refractivity contribution in [2.75, 3.05) is 5.32 Å². The van der Waals surface area contributed by atoms with Crippen molar-refractivity contribution in [2.45, 2.75) is 65.3 Å². The molecule has 0 unspecified atom stereocenters. The number of nitrogens with one attached hydrogen (secondary N) is 1. The maximum Gasteiger partial charge on any atom is 0.413 e. The lowest BCUT2D eigenvalue weighted by Gasteiger charge is -2.24. The Morgan fingerprint density at radius 3 is 2.58 bits per heavy atom. The van der Waals surface area contributed by atoms with Gasteiger partial charge in [0.05, 0.1) is 11.8 Å². The number of anilines is 1. The molecule has 0 bridgehead atoms. The van der Waals surface area contributed by atoms with Gasteiger partial charge in [0.2, 0.25) is 0 Å². The summed E-state index contributed by atoms with van der Waals surface area (Å²) in [6.07, 6.45) is 4.94. The Morgan fingerprint density at radius 2 is 1.92 bits per heavy atom. The van der Waals surface area contributed by atoms with Gasteiger partial charge in [-0.3, -0.25) is 10.1 Å². The Kier molecular flexibility index (Phi) is 5.84. The van der Waals surface area contributed by atoms with E-state index >= 15 is 0 Å². The number of amides is 2. The number of rotatable bonds is 6. The molecular formula is C26H28F2N4O4. The van der Waals surface area contributed by atoms with Crippen LogP contribution in [0.4, 0.5) is 19.4 Å². The van der Waals surface area contributed by atoms with Gasteiger partial charge >= 0.3 is 12.7 Å². The molecule has 2 aliphatic rings. The summed E-state index contributed by atoms with van der Waals surface area (Å²) in [5.41, 5.74) is 2.16. The fourth-order valence-corrected chi connectivity index (χ4v) is 4.59. The lowest BCUT2D eigenvalue weighted by Crippen LogP contribution is -2.34. The third kappa shape index (κ3) is 4.84. The zero-order chi connectivity index (χ0) is 25.8. The fourth-order valence-electron chi connectivity index (χ4n) is 4.59. The Bertz CT molecular complexity index is 1340. The second-order valence-corrected chi connectivity index (χ2v) is 10.3. The maximum atomic E-state index is 13.3. The highest BCUT2D eigenvalue weighted by Crippen LogP contribution is 2.42. The molecule has 5 rings (SSSR count). The lowest BCUT2D eigenvalue weighted by molar-refractivity contribution is -0.0501. The van der Waals surface area contributed by atoms with Crippen LogP contribution in [0.25, 0.3) is 16.8 Å². The van der Waals surface area contributed by atoms with Crippen LogP contribution < -0.4 is 10.1 Å². The highest BCUT2D eigenvalue weighted by atomic mass is 19.3. The molecule has 1 fully saturated rings. The Morgan fingerprint density at radius 1 is 1.17 bits per heavy atom. The first kappa shape index (κ1) is 24.0. The number of alkyl halides is 2. The van der Waals surface area contributed by atoms with Gasteiger partial charge < -0.3 is 18.8 Å². The smallest absolute Gasteiger partial charge is 0.413 e. The van der Waals surface area contributed by atoms with Gasteiger partial charge in [-0.25, -0.2) is 9.78 Å². The van der Waals surface area contributed by atoms with E-state index < -0.39 is 18.3 Å². The molecule has 10 heteroatoms. The van der Waals surface area contributed by atoms with E-state index in [2.05, 4.69) is 10.3 Å². The van der Waals surface area contributed by atoms with E-state index in [1.54, 1.807) is 54.6 Å². The molecule has 190 valence electrons. The van der Waals surface area contributed by atoms with E-state index in [0.29, 0.717) is 40.6 Å². The first-order valence-electron chi connectivity index (χ1n) is 11.9. The summed E-state index contributed by atoms with van der Waals surface area (Å²) < 4.78 is 38.3. The molecule has 1 aliphatic heterocycles. The van der Waals surface area contributed by atoms with E-state index in [1.165, 1.54) is 6.07 Å². The topological polar surface area (TPSA) is 85.2 Å². The third-order valence-corrected chi connectivity index (χ3v) is 6.42. The summed E-state index contributed by atoms with van der Waals surface area (Å²) >= 11 is 0. The van der Waals surface area contributed by atoms with Gasteiger partial charge in [0, 0.05) is 18.8 Å². The molecule has 1 atom stereocenters. The second kappa shape index (κ2) is 8.76. The molecule has 3 aromatic rings.